The van der Waals surface area contributed by atoms with Crippen LogP contribution in [0.3, 0.4) is 0 Å². The quantitative estimate of drug-likeness (QED) is 0.505. The molecule has 1 aromatic carbocycles. The van der Waals surface area contributed by atoms with Gasteiger partial charge in [-0.25, -0.2) is 4.98 Å². The van der Waals surface area contributed by atoms with Crippen LogP contribution in [-0.2, 0) is 6.54 Å². The third-order valence-electron chi connectivity index (χ3n) is 4.41. The van der Waals surface area contributed by atoms with Crippen LogP contribution in [0, 0.1) is 0 Å². The van der Waals surface area contributed by atoms with E-state index < -0.39 is 6.10 Å². The number of aliphatic hydroxyl groups excluding tert-OH is 1. The topological polar surface area (TPSA) is 73.8 Å². The van der Waals surface area contributed by atoms with E-state index in [0.29, 0.717) is 6.54 Å². The first-order valence-electron chi connectivity index (χ1n) is 8.60. The van der Waals surface area contributed by atoms with E-state index in [9.17, 15) is 5.11 Å². The Morgan fingerprint density at radius 2 is 2.08 bits per heavy atom. The Morgan fingerprint density at radius 3 is 2.88 bits per heavy atom. The van der Waals surface area contributed by atoms with Gasteiger partial charge in [-0.15, -0.1) is 0 Å². The second-order valence-electron chi connectivity index (χ2n) is 6.31. The molecule has 5 nitrogen and oxygen atoms in total. The number of hydrogen-bond donors (Lipinski definition) is 3. The Kier molecular flexibility index (Phi) is 4.37. The lowest BCUT2D eigenvalue weighted by molar-refractivity contribution is 0.199. The van der Waals surface area contributed by atoms with Crippen LogP contribution < -0.4 is 5.32 Å². The summed E-state index contributed by atoms with van der Waals surface area (Å²) < 4.78 is 0. The highest BCUT2D eigenvalue weighted by Crippen LogP contribution is 2.31. The highest BCUT2D eigenvalue weighted by Gasteiger charge is 2.11. The fourth-order valence-corrected chi connectivity index (χ4v) is 3.03. The average molecular weight is 344 g/mol. The van der Waals surface area contributed by atoms with Crippen molar-refractivity contribution in [2.45, 2.75) is 19.6 Å². The average Bonchev–Trinajstić information content (AvgIpc) is 3.15. The van der Waals surface area contributed by atoms with E-state index in [2.05, 4.69) is 26.3 Å². The third-order valence-corrected chi connectivity index (χ3v) is 4.41. The number of fused-ring (bicyclic) bond motifs is 1. The molecule has 0 saturated heterocycles. The molecule has 0 bridgehead atoms. The second kappa shape index (κ2) is 6.98. The number of H-pyrrole nitrogens is 1. The number of nitrogens with zero attached hydrogens (tertiary/aromatic N) is 2. The van der Waals surface area contributed by atoms with Crippen LogP contribution in [0.2, 0.25) is 0 Å². The normalized spacial score (nSPS) is 12.2. The van der Waals surface area contributed by atoms with Gasteiger partial charge in [0, 0.05) is 30.5 Å². The minimum Gasteiger partial charge on any atom is -0.389 e. The summed E-state index contributed by atoms with van der Waals surface area (Å²) in [4.78, 5) is 12.0. The summed E-state index contributed by atoms with van der Waals surface area (Å²) in [5, 5.41) is 14.3. The molecule has 1 unspecified atom stereocenters. The van der Waals surface area contributed by atoms with E-state index in [1.165, 1.54) is 0 Å². The maximum atomic E-state index is 9.90. The van der Waals surface area contributed by atoms with Crippen LogP contribution in [-0.4, -0.2) is 20.1 Å². The van der Waals surface area contributed by atoms with Gasteiger partial charge < -0.3 is 15.4 Å². The van der Waals surface area contributed by atoms with Crippen LogP contribution in [0.5, 0.6) is 0 Å². The van der Waals surface area contributed by atoms with Crippen molar-refractivity contribution in [1.82, 2.24) is 15.0 Å². The summed E-state index contributed by atoms with van der Waals surface area (Å²) in [6.07, 6.45) is 5.00. The van der Waals surface area contributed by atoms with Gasteiger partial charge in [-0.1, -0.05) is 24.3 Å². The number of pyridine rings is 2. The van der Waals surface area contributed by atoms with Crippen LogP contribution >= 0.6 is 0 Å². The molecule has 4 rings (SSSR count). The molecule has 0 fully saturated rings. The Labute approximate surface area is 151 Å². The minimum absolute atomic E-state index is 0.498. The van der Waals surface area contributed by atoms with Crippen molar-refractivity contribution in [3.05, 3.63) is 78.2 Å². The molecular weight excluding hydrogens is 324 g/mol. The molecule has 1 atom stereocenters. The summed E-state index contributed by atoms with van der Waals surface area (Å²) >= 11 is 0. The standard InChI is InChI=1S/C21H20N4O/c1-14(26)16-5-2-6-17(10-16)19-11-20(25-21-18(19)7-9-23-21)24-13-15-4-3-8-22-12-15/h2-12,14,26H,13H2,1H3,(H2,23,24,25). The van der Waals surface area contributed by atoms with Gasteiger partial charge in [0.25, 0.3) is 0 Å². The zero-order valence-electron chi connectivity index (χ0n) is 14.5. The Bertz CT molecular complexity index is 1020. The molecule has 130 valence electrons. The van der Waals surface area contributed by atoms with Crippen LogP contribution in [0.4, 0.5) is 5.82 Å². The van der Waals surface area contributed by atoms with E-state index in [1.54, 1.807) is 13.1 Å². The molecule has 3 aromatic heterocycles. The maximum Gasteiger partial charge on any atom is 0.140 e. The van der Waals surface area contributed by atoms with Crippen molar-refractivity contribution in [2.24, 2.45) is 0 Å². The lowest BCUT2D eigenvalue weighted by Gasteiger charge is -2.11. The van der Waals surface area contributed by atoms with E-state index in [0.717, 1.165) is 39.1 Å². The van der Waals surface area contributed by atoms with E-state index >= 15 is 0 Å². The summed E-state index contributed by atoms with van der Waals surface area (Å²) in [6, 6.07) is 16.0. The molecule has 0 amide bonds. The summed E-state index contributed by atoms with van der Waals surface area (Å²) in [5.41, 5.74) is 4.96. The van der Waals surface area contributed by atoms with Gasteiger partial charge in [0.05, 0.1) is 6.10 Å². The minimum atomic E-state index is -0.498. The Balaban J connectivity index is 1.72. The first kappa shape index (κ1) is 16.3. The molecule has 0 radical (unpaired) electrons. The summed E-state index contributed by atoms with van der Waals surface area (Å²) in [5.74, 6) is 0.793. The summed E-state index contributed by atoms with van der Waals surface area (Å²) in [7, 11) is 0. The Hall–Kier alpha value is -3.18. The van der Waals surface area contributed by atoms with Crippen LogP contribution in [0.15, 0.2) is 67.1 Å². The number of benzene rings is 1. The van der Waals surface area contributed by atoms with Crippen molar-refractivity contribution in [3.63, 3.8) is 0 Å². The van der Waals surface area contributed by atoms with Crippen LogP contribution in [0.25, 0.3) is 22.2 Å². The molecule has 3 heterocycles. The molecule has 0 aliphatic heterocycles. The highest BCUT2D eigenvalue weighted by molar-refractivity contribution is 5.94. The predicted molar refractivity (Wildman–Crippen MR) is 104 cm³/mol. The van der Waals surface area contributed by atoms with Gasteiger partial charge in [0.2, 0.25) is 0 Å². The van der Waals surface area contributed by atoms with Crippen molar-refractivity contribution in [2.75, 3.05) is 5.32 Å². The zero-order chi connectivity index (χ0) is 17.9. The van der Waals surface area contributed by atoms with Gasteiger partial charge in [-0.2, -0.15) is 0 Å². The van der Waals surface area contributed by atoms with Crippen molar-refractivity contribution in [3.8, 4) is 11.1 Å². The number of nitrogens with one attached hydrogen (secondary N) is 2. The molecule has 5 heteroatoms. The highest BCUT2D eigenvalue weighted by atomic mass is 16.3. The number of rotatable bonds is 5. The second-order valence-corrected chi connectivity index (χ2v) is 6.31. The smallest absolute Gasteiger partial charge is 0.140 e. The van der Waals surface area contributed by atoms with Crippen molar-refractivity contribution in [1.29, 1.82) is 0 Å². The largest absolute Gasteiger partial charge is 0.389 e. The van der Waals surface area contributed by atoms with Gasteiger partial charge in [-0.05, 0) is 53.4 Å². The van der Waals surface area contributed by atoms with Gasteiger partial charge in [0.1, 0.15) is 11.5 Å². The molecule has 0 saturated carbocycles. The first-order chi connectivity index (χ1) is 12.7. The lowest BCUT2D eigenvalue weighted by Crippen LogP contribution is -2.02. The number of anilines is 1. The molecule has 0 aliphatic rings. The van der Waals surface area contributed by atoms with Crippen molar-refractivity contribution >= 4 is 16.9 Å². The number of aliphatic hydroxyl groups is 1. The van der Waals surface area contributed by atoms with E-state index in [1.807, 2.05) is 54.9 Å². The van der Waals surface area contributed by atoms with Gasteiger partial charge >= 0.3 is 0 Å². The molecule has 3 N–H and O–H groups in total. The molecule has 26 heavy (non-hydrogen) atoms. The van der Waals surface area contributed by atoms with E-state index in [-0.39, 0.29) is 0 Å². The lowest BCUT2D eigenvalue weighted by atomic mass is 9.99. The Morgan fingerprint density at radius 1 is 1.15 bits per heavy atom. The number of hydrogen-bond acceptors (Lipinski definition) is 4. The maximum absolute atomic E-state index is 9.90. The fourth-order valence-electron chi connectivity index (χ4n) is 3.03. The van der Waals surface area contributed by atoms with E-state index in [4.69, 9.17) is 0 Å². The van der Waals surface area contributed by atoms with Gasteiger partial charge in [-0.3, -0.25) is 4.98 Å². The SMILES string of the molecule is CC(O)c1cccc(-c2cc(NCc3cccnc3)nc3[nH]ccc23)c1. The summed E-state index contributed by atoms with van der Waals surface area (Å²) in [6.45, 7) is 2.43. The third kappa shape index (κ3) is 3.30. The van der Waals surface area contributed by atoms with Crippen LogP contribution in [0.1, 0.15) is 24.2 Å². The molecule has 0 spiro atoms. The monoisotopic (exact) mass is 344 g/mol. The predicted octanol–water partition coefficient (Wildman–Crippen LogP) is 4.29. The fraction of sp³-hybridized carbons (Fsp3) is 0.143. The number of aromatic nitrogens is 3. The van der Waals surface area contributed by atoms with Crippen molar-refractivity contribution < 1.29 is 5.11 Å². The molecular formula is C21H20N4O. The van der Waals surface area contributed by atoms with Gasteiger partial charge in [0.15, 0.2) is 0 Å². The molecule has 4 aromatic rings. The number of aromatic amines is 1. The molecule has 0 aliphatic carbocycles. The first-order valence-corrected chi connectivity index (χ1v) is 8.60. The zero-order valence-corrected chi connectivity index (χ0v) is 14.5.